The number of hydrogen-bond acceptors (Lipinski definition) is 3. The van der Waals surface area contributed by atoms with E-state index in [9.17, 15) is 9.59 Å². The van der Waals surface area contributed by atoms with Crippen molar-refractivity contribution < 1.29 is 14.3 Å². The van der Waals surface area contributed by atoms with E-state index in [0.29, 0.717) is 16.5 Å². The fourth-order valence-corrected chi connectivity index (χ4v) is 3.42. The number of methoxy groups -OCH3 is 1. The third-order valence-corrected chi connectivity index (χ3v) is 4.94. The Kier molecular flexibility index (Phi) is 7.09. The van der Waals surface area contributed by atoms with E-state index >= 15 is 0 Å². The van der Waals surface area contributed by atoms with Gasteiger partial charge in [-0.15, -0.1) is 0 Å². The van der Waals surface area contributed by atoms with Crippen LogP contribution in [0.15, 0.2) is 78.9 Å². The number of carbonyl (C=O) groups excluding carboxylic acids is 2. The summed E-state index contributed by atoms with van der Waals surface area (Å²) in [6, 6.07) is 24.0. The molecule has 0 aliphatic carbocycles. The van der Waals surface area contributed by atoms with Gasteiger partial charge in [0, 0.05) is 12.1 Å². The monoisotopic (exact) mass is 422 g/mol. The van der Waals surface area contributed by atoms with E-state index in [1.807, 2.05) is 60.7 Å². The minimum atomic E-state index is -0.495. The number of rotatable bonds is 7. The van der Waals surface area contributed by atoms with Gasteiger partial charge in [-0.05, 0) is 29.3 Å². The van der Waals surface area contributed by atoms with Gasteiger partial charge in [0.05, 0.1) is 25.3 Å². The molecule has 1 N–H and O–H groups in total. The van der Waals surface area contributed by atoms with E-state index in [-0.39, 0.29) is 18.4 Å². The van der Waals surface area contributed by atoms with Crippen LogP contribution in [-0.2, 0) is 9.59 Å². The van der Waals surface area contributed by atoms with Gasteiger partial charge in [0.15, 0.2) is 0 Å². The molecular formula is C24H23ClN2O3. The number of benzene rings is 3. The zero-order valence-corrected chi connectivity index (χ0v) is 17.6. The van der Waals surface area contributed by atoms with Crippen LogP contribution in [-0.4, -0.2) is 37.4 Å². The number of amides is 2. The molecule has 2 amide bonds. The number of anilines is 1. The molecule has 0 heterocycles. The van der Waals surface area contributed by atoms with Crippen LogP contribution >= 0.6 is 11.6 Å². The first-order valence-electron chi connectivity index (χ1n) is 9.48. The summed E-state index contributed by atoms with van der Waals surface area (Å²) in [6.07, 6.45) is 0. The molecule has 0 fully saturated rings. The molecule has 5 nitrogen and oxygen atoms in total. The van der Waals surface area contributed by atoms with Crippen molar-refractivity contribution in [3.63, 3.8) is 0 Å². The van der Waals surface area contributed by atoms with E-state index in [2.05, 4.69) is 5.32 Å². The Morgan fingerprint density at radius 1 is 0.967 bits per heavy atom. The predicted octanol–water partition coefficient (Wildman–Crippen LogP) is 4.58. The third kappa shape index (κ3) is 5.19. The lowest BCUT2D eigenvalue weighted by Crippen LogP contribution is -2.38. The summed E-state index contributed by atoms with van der Waals surface area (Å²) in [7, 11) is 3.13. The van der Waals surface area contributed by atoms with Crippen molar-refractivity contribution in [3.05, 3.63) is 95.0 Å². The zero-order chi connectivity index (χ0) is 21.5. The fraction of sp³-hybridized carbons (Fsp3) is 0.167. The van der Waals surface area contributed by atoms with Gasteiger partial charge >= 0.3 is 0 Å². The Morgan fingerprint density at radius 2 is 1.53 bits per heavy atom. The molecule has 6 heteroatoms. The summed E-state index contributed by atoms with van der Waals surface area (Å²) in [4.78, 5) is 27.3. The molecule has 0 radical (unpaired) electrons. The van der Waals surface area contributed by atoms with E-state index in [1.165, 1.54) is 12.0 Å². The van der Waals surface area contributed by atoms with Crippen LogP contribution in [0, 0.1) is 0 Å². The summed E-state index contributed by atoms with van der Waals surface area (Å²) in [5.41, 5.74) is 2.20. The molecule has 0 bridgehead atoms. The Balaban J connectivity index is 1.77. The number of nitrogens with one attached hydrogen (secondary N) is 1. The van der Waals surface area contributed by atoms with Crippen molar-refractivity contribution >= 4 is 29.1 Å². The minimum absolute atomic E-state index is 0.106. The van der Waals surface area contributed by atoms with Crippen LogP contribution in [0.1, 0.15) is 17.0 Å². The molecule has 3 aromatic carbocycles. The van der Waals surface area contributed by atoms with E-state index in [4.69, 9.17) is 16.3 Å². The van der Waals surface area contributed by atoms with Gasteiger partial charge in [-0.1, -0.05) is 72.3 Å². The van der Waals surface area contributed by atoms with Crippen LogP contribution < -0.4 is 10.1 Å². The van der Waals surface area contributed by atoms with Crippen LogP contribution in [0.25, 0.3) is 0 Å². The average Bonchev–Trinajstić information content (AvgIpc) is 2.75. The molecule has 3 rings (SSSR count). The van der Waals surface area contributed by atoms with Crippen LogP contribution in [0.3, 0.4) is 0 Å². The highest BCUT2D eigenvalue weighted by Gasteiger charge is 2.26. The second-order valence-electron chi connectivity index (χ2n) is 6.84. The summed E-state index contributed by atoms with van der Waals surface area (Å²) in [6.45, 7) is -0.106. The number of likely N-dealkylation sites (N-methyl/N-ethyl adjacent to an activating group) is 1. The Labute approximate surface area is 181 Å². The summed E-state index contributed by atoms with van der Waals surface area (Å²) in [5, 5.41) is 3.24. The summed E-state index contributed by atoms with van der Waals surface area (Å²) in [5.74, 6) is -0.508. The molecule has 3 aromatic rings. The second kappa shape index (κ2) is 9.94. The van der Waals surface area contributed by atoms with E-state index in [0.717, 1.165) is 11.1 Å². The number of nitrogens with zero attached hydrogens (tertiary/aromatic N) is 1. The van der Waals surface area contributed by atoms with E-state index in [1.54, 1.807) is 25.2 Å². The number of ether oxygens (including phenoxy) is 1. The molecule has 0 atom stereocenters. The Morgan fingerprint density at radius 3 is 2.07 bits per heavy atom. The molecule has 0 spiro atoms. The first kappa shape index (κ1) is 21.4. The van der Waals surface area contributed by atoms with Crippen LogP contribution in [0.2, 0.25) is 5.02 Å². The summed E-state index contributed by atoms with van der Waals surface area (Å²) >= 11 is 6.02. The summed E-state index contributed by atoms with van der Waals surface area (Å²) < 4.78 is 5.25. The number of carbonyl (C=O) groups is 2. The molecule has 0 aromatic heterocycles. The molecule has 0 saturated heterocycles. The van der Waals surface area contributed by atoms with Crippen molar-refractivity contribution in [3.8, 4) is 5.75 Å². The lowest BCUT2D eigenvalue weighted by molar-refractivity contribution is -0.133. The van der Waals surface area contributed by atoms with Crippen molar-refractivity contribution in [1.82, 2.24) is 4.90 Å². The molecule has 0 unspecified atom stereocenters. The smallest absolute Gasteiger partial charge is 0.244 e. The Bertz CT molecular complexity index is 970. The lowest BCUT2D eigenvalue weighted by atomic mass is 9.90. The van der Waals surface area contributed by atoms with Gasteiger partial charge < -0.3 is 15.0 Å². The van der Waals surface area contributed by atoms with Gasteiger partial charge in [-0.3, -0.25) is 9.59 Å². The van der Waals surface area contributed by atoms with Gasteiger partial charge in [0.1, 0.15) is 5.75 Å². The standard InChI is InChI=1S/C24H23ClN2O3/c1-27(16-22(28)26-20-15-19(25)13-14-21(20)30-2)24(29)23(17-9-5-3-6-10-17)18-11-7-4-8-12-18/h3-15,23H,16H2,1-2H3,(H,26,28). The molecule has 0 saturated carbocycles. The topological polar surface area (TPSA) is 58.6 Å². The molecule has 0 aliphatic heterocycles. The molecule has 30 heavy (non-hydrogen) atoms. The van der Waals surface area contributed by atoms with Crippen molar-refractivity contribution in [2.24, 2.45) is 0 Å². The van der Waals surface area contributed by atoms with Crippen LogP contribution in [0.5, 0.6) is 5.75 Å². The molecule has 154 valence electrons. The van der Waals surface area contributed by atoms with E-state index < -0.39 is 5.92 Å². The normalized spacial score (nSPS) is 10.5. The van der Waals surface area contributed by atoms with Crippen molar-refractivity contribution in [2.45, 2.75) is 5.92 Å². The van der Waals surface area contributed by atoms with Gasteiger partial charge in [-0.2, -0.15) is 0 Å². The van der Waals surface area contributed by atoms with Crippen molar-refractivity contribution in [1.29, 1.82) is 0 Å². The van der Waals surface area contributed by atoms with Crippen molar-refractivity contribution in [2.75, 3.05) is 26.0 Å². The van der Waals surface area contributed by atoms with Crippen LogP contribution in [0.4, 0.5) is 5.69 Å². The number of halogens is 1. The molecule has 0 aliphatic rings. The van der Waals surface area contributed by atoms with Gasteiger partial charge in [-0.25, -0.2) is 0 Å². The van der Waals surface area contributed by atoms with Gasteiger partial charge in [0.2, 0.25) is 11.8 Å². The third-order valence-electron chi connectivity index (χ3n) is 4.71. The SMILES string of the molecule is COc1ccc(Cl)cc1NC(=O)CN(C)C(=O)C(c1ccccc1)c1ccccc1. The first-order valence-corrected chi connectivity index (χ1v) is 9.85. The minimum Gasteiger partial charge on any atom is -0.495 e. The Hall–Kier alpha value is -3.31. The van der Waals surface area contributed by atoms with Gasteiger partial charge in [0.25, 0.3) is 0 Å². The maximum atomic E-state index is 13.3. The maximum Gasteiger partial charge on any atom is 0.244 e. The largest absolute Gasteiger partial charge is 0.495 e. The highest BCUT2D eigenvalue weighted by atomic mass is 35.5. The lowest BCUT2D eigenvalue weighted by Gasteiger charge is -2.24. The highest BCUT2D eigenvalue weighted by Crippen LogP contribution is 2.28. The first-order chi connectivity index (χ1) is 14.5. The second-order valence-corrected chi connectivity index (χ2v) is 7.28. The number of hydrogen-bond donors (Lipinski definition) is 1. The fourth-order valence-electron chi connectivity index (χ4n) is 3.25. The molecular weight excluding hydrogens is 400 g/mol. The zero-order valence-electron chi connectivity index (χ0n) is 16.8. The average molecular weight is 423 g/mol. The predicted molar refractivity (Wildman–Crippen MR) is 119 cm³/mol. The highest BCUT2D eigenvalue weighted by molar-refractivity contribution is 6.31. The maximum absolute atomic E-state index is 13.3. The quantitative estimate of drug-likeness (QED) is 0.606.